The van der Waals surface area contributed by atoms with Crippen molar-refractivity contribution in [2.45, 2.75) is 11.7 Å². The van der Waals surface area contributed by atoms with Gasteiger partial charge in [0, 0.05) is 7.11 Å². The average Bonchev–Trinajstić information content (AvgIpc) is 2.79. The summed E-state index contributed by atoms with van der Waals surface area (Å²) < 4.78 is 52.0. The molecule has 2 unspecified atom stereocenters. The third-order valence-corrected chi connectivity index (χ3v) is 2.37. The van der Waals surface area contributed by atoms with E-state index in [0.717, 1.165) is 14.2 Å². The van der Waals surface area contributed by atoms with Gasteiger partial charge in [0.1, 0.15) is 0 Å². The standard InChI is InChI=1S/C9H9BF2O10/c1-17-4(13)8(11,19-3)6(15)20-10-21-7(16)9(12,22-10)5(14)18-2/h1-3H3. The molecule has 0 aromatic rings. The van der Waals surface area contributed by atoms with E-state index >= 15 is 0 Å². The Kier molecular flexibility index (Phi) is 5.04. The summed E-state index contributed by atoms with van der Waals surface area (Å²) in [6, 6.07) is 0. The molecule has 2 atom stereocenters. The third-order valence-electron chi connectivity index (χ3n) is 2.37. The normalized spacial score (nSPS) is 23.3. The molecule has 0 aromatic carbocycles. The number of halogens is 2. The zero-order valence-electron chi connectivity index (χ0n) is 11.4. The fourth-order valence-corrected chi connectivity index (χ4v) is 1.22. The monoisotopic (exact) mass is 326 g/mol. The first kappa shape index (κ1) is 17.8. The highest BCUT2D eigenvalue weighted by atomic mass is 19.2. The van der Waals surface area contributed by atoms with E-state index in [-0.39, 0.29) is 0 Å². The second kappa shape index (κ2) is 6.23. The second-order valence-electron chi connectivity index (χ2n) is 3.59. The van der Waals surface area contributed by atoms with Crippen LogP contribution in [0.5, 0.6) is 0 Å². The third kappa shape index (κ3) is 2.85. The summed E-state index contributed by atoms with van der Waals surface area (Å²) in [6.45, 7) is 0. The topological polar surface area (TPSA) is 124 Å². The lowest BCUT2D eigenvalue weighted by Crippen LogP contribution is -2.48. The van der Waals surface area contributed by atoms with E-state index in [1.807, 2.05) is 0 Å². The summed E-state index contributed by atoms with van der Waals surface area (Å²) in [5.41, 5.74) is 0. The highest BCUT2D eigenvalue weighted by molar-refractivity contribution is 6.46. The molecule has 10 nitrogen and oxygen atoms in total. The maximum Gasteiger partial charge on any atom is 0.795 e. The first-order chi connectivity index (χ1) is 10.2. The van der Waals surface area contributed by atoms with E-state index in [1.54, 1.807) is 0 Å². The van der Waals surface area contributed by atoms with Crippen molar-refractivity contribution in [3.63, 3.8) is 0 Å². The van der Waals surface area contributed by atoms with Crippen LogP contribution in [0.1, 0.15) is 0 Å². The average molecular weight is 326 g/mol. The Labute approximate surface area is 121 Å². The molecule has 0 bridgehead atoms. The number of ether oxygens (including phenoxy) is 3. The van der Waals surface area contributed by atoms with Gasteiger partial charge in [-0.3, -0.25) is 0 Å². The van der Waals surface area contributed by atoms with E-state index in [0.29, 0.717) is 7.11 Å². The van der Waals surface area contributed by atoms with Gasteiger partial charge in [-0.1, -0.05) is 0 Å². The maximum atomic E-state index is 13.9. The Hall–Kier alpha value is -2.28. The molecular weight excluding hydrogens is 317 g/mol. The van der Waals surface area contributed by atoms with E-state index in [4.69, 9.17) is 0 Å². The van der Waals surface area contributed by atoms with E-state index in [1.165, 1.54) is 0 Å². The van der Waals surface area contributed by atoms with Gasteiger partial charge in [0.25, 0.3) is 0 Å². The molecule has 0 N–H and O–H groups in total. The van der Waals surface area contributed by atoms with Gasteiger partial charge in [0.2, 0.25) is 0 Å². The predicted octanol–water partition coefficient (Wildman–Crippen LogP) is -1.59. The largest absolute Gasteiger partial charge is 0.795 e. The Morgan fingerprint density at radius 3 is 2.23 bits per heavy atom. The molecule has 122 valence electrons. The Bertz CT molecular complexity index is 513. The molecule has 1 aliphatic rings. The molecule has 1 aliphatic heterocycles. The van der Waals surface area contributed by atoms with Gasteiger partial charge in [-0.2, -0.15) is 8.78 Å². The number of esters is 2. The van der Waals surface area contributed by atoms with Crippen molar-refractivity contribution in [3.8, 4) is 0 Å². The van der Waals surface area contributed by atoms with Crippen LogP contribution in [0, 0.1) is 0 Å². The van der Waals surface area contributed by atoms with E-state index in [2.05, 4.69) is 28.2 Å². The van der Waals surface area contributed by atoms with Crippen molar-refractivity contribution in [2.24, 2.45) is 0 Å². The zero-order valence-corrected chi connectivity index (χ0v) is 11.4. The SMILES string of the molecule is COC(=O)C(F)(OC)C(=O)OB1OC(=O)C(F)(C(=O)OC)O1. The Morgan fingerprint density at radius 2 is 1.77 bits per heavy atom. The molecule has 13 heteroatoms. The fourth-order valence-electron chi connectivity index (χ4n) is 1.22. The van der Waals surface area contributed by atoms with E-state index in [9.17, 15) is 28.0 Å². The zero-order chi connectivity index (χ0) is 17.1. The molecule has 0 amide bonds. The Balaban J connectivity index is 2.85. The highest BCUT2D eigenvalue weighted by Gasteiger charge is 2.65. The van der Waals surface area contributed by atoms with E-state index < -0.39 is 42.9 Å². The predicted molar refractivity (Wildman–Crippen MR) is 57.7 cm³/mol. The quantitative estimate of drug-likeness (QED) is 0.332. The van der Waals surface area contributed by atoms with Crippen LogP contribution < -0.4 is 0 Å². The van der Waals surface area contributed by atoms with Crippen LogP contribution in [0.25, 0.3) is 0 Å². The molecule has 0 saturated carbocycles. The van der Waals surface area contributed by atoms with Gasteiger partial charge in [-0.05, 0) is 0 Å². The fraction of sp³-hybridized carbons (Fsp3) is 0.556. The lowest BCUT2D eigenvalue weighted by atomic mass is 10.2. The van der Waals surface area contributed by atoms with Crippen LogP contribution in [0.3, 0.4) is 0 Å². The van der Waals surface area contributed by atoms with Crippen LogP contribution in [-0.4, -0.2) is 64.2 Å². The van der Waals surface area contributed by atoms with Crippen molar-refractivity contribution in [1.29, 1.82) is 0 Å². The van der Waals surface area contributed by atoms with Crippen LogP contribution in [-0.2, 0) is 47.4 Å². The van der Waals surface area contributed by atoms with Gasteiger partial charge in [0.15, 0.2) is 0 Å². The van der Waals surface area contributed by atoms with Crippen molar-refractivity contribution in [1.82, 2.24) is 0 Å². The Morgan fingerprint density at radius 1 is 1.18 bits per heavy atom. The summed E-state index contributed by atoms with van der Waals surface area (Å²) in [5, 5.41) is 0. The van der Waals surface area contributed by atoms with Gasteiger partial charge in [-0.25, -0.2) is 19.2 Å². The summed E-state index contributed by atoms with van der Waals surface area (Å²) >= 11 is 0. The molecule has 0 aromatic heterocycles. The lowest BCUT2D eigenvalue weighted by Gasteiger charge is -2.19. The number of hydrogen-bond acceptors (Lipinski definition) is 10. The smallest absolute Gasteiger partial charge is 0.469 e. The number of carbonyl (C=O) groups is 4. The van der Waals surface area contributed by atoms with Crippen molar-refractivity contribution >= 4 is 31.2 Å². The number of hydrogen-bond donors (Lipinski definition) is 0. The van der Waals surface area contributed by atoms with Crippen molar-refractivity contribution in [3.05, 3.63) is 0 Å². The molecule has 1 fully saturated rings. The number of carbonyl (C=O) groups excluding carboxylic acids is 4. The van der Waals surface area contributed by atoms with Gasteiger partial charge >= 0.3 is 42.9 Å². The molecule has 1 rings (SSSR count). The minimum absolute atomic E-state index is 0.633. The van der Waals surface area contributed by atoms with Crippen LogP contribution in [0.4, 0.5) is 8.78 Å². The van der Waals surface area contributed by atoms with Gasteiger partial charge in [0.05, 0.1) is 14.2 Å². The minimum Gasteiger partial charge on any atom is -0.469 e. The van der Waals surface area contributed by atoms with Crippen LogP contribution >= 0.6 is 0 Å². The molecule has 0 aliphatic carbocycles. The first-order valence-electron chi connectivity index (χ1n) is 5.35. The first-order valence-corrected chi connectivity index (χ1v) is 5.35. The molecule has 1 saturated heterocycles. The number of rotatable bonds is 5. The molecule has 0 radical (unpaired) electrons. The molecule has 1 heterocycles. The number of methoxy groups -OCH3 is 3. The molecule has 22 heavy (non-hydrogen) atoms. The number of alkyl halides is 2. The summed E-state index contributed by atoms with van der Waals surface area (Å²) in [6.07, 6.45) is 0. The van der Waals surface area contributed by atoms with Crippen LogP contribution in [0.15, 0.2) is 0 Å². The summed E-state index contributed by atoms with van der Waals surface area (Å²) in [4.78, 5) is 44.8. The van der Waals surface area contributed by atoms with Gasteiger partial charge < -0.3 is 28.2 Å². The van der Waals surface area contributed by atoms with Gasteiger partial charge in [-0.15, -0.1) is 0 Å². The molecule has 0 spiro atoms. The lowest BCUT2D eigenvalue weighted by molar-refractivity contribution is -0.206. The highest BCUT2D eigenvalue weighted by Crippen LogP contribution is 2.28. The maximum absolute atomic E-state index is 13.9. The van der Waals surface area contributed by atoms with Crippen molar-refractivity contribution in [2.75, 3.05) is 21.3 Å². The summed E-state index contributed by atoms with van der Waals surface area (Å²) in [5.74, 6) is -14.9. The van der Waals surface area contributed by atoms with Crippen LogP contribution in [0.2, 0.25) is 0 Å². The second-order valence-corrected chi connectivity index (χ2v) is 3.59. The van der Waals surface area contributed by atoms with Crippen molar-refractivity contribution < 1.29 is 56.1 Å². The molecular formula is C9H9BF2O10. The summed E-state index contributed by atoms with van der Waals surface area (Å²) in [7, 11) is -0.319. The minimum atomic E-state index is -3.71.